The fourth-order valence-electron chi connectivity index (χ4n) is 4.83. The largest absolute Gasteiger partial charge is 0.427 e. The third-order valence-electron chi connectivity index (χ3n) is 5.49. The minimum absolute atomic E-state index is 0.145. The summed E-state index contributed by atoms with van der Waals surface area (Å²) in [6.45, 7) is 18.5. The Balaban J connectivity index is 2.59. The summed E-state index contributed by atoms with van der Waals surface area (Å²) in [5.41, 5.74) is 2.78. The minimum atomic E-state index is -1.78. The topological polar surface area (TPSA) is 26.3 Å². The molecule has 0 radical (unpaired) electrons. The van der Waals surface area contributed by atoms with Gasteiger partial charge in [0.25, 0.3) is 0 Å². The van der Waals surface area contributed by atoms with Crippen LogP contribution in [0, 0.1) is 0 Å². The number of hydrogen-bond donors (Lipinski definition) is 0. The van der Waals surface area contributed by atoms with Crippen LogP contribution in [0.3, 0.4) is 0 Å². The summed E-state index contributed by atoms with van der Waals surface area (Å²) in [5, 5.41) is 0.628. The first-order valence-corrected chi connectivity index (χ1v) is 16.6. The van der Waals surface area contributed by atoms with Gasteiger partial charge in [-0.3, -0.25) is 0 Å². The van der Waals surface area contributed by atoms with E-state index in [4.69, 9.17) is 27.9 Å². The monoisotopic (exact) mass is 426 g/mol. The van der Waals surface area contributed by atoms with Crippen molar-refractivity contribution in [3.8, 4) is 0 Å². The molecule has 0 atom stereocenters. The van der Waals surface area contributed by atoms with E-state index in [-0.39, 0.29) is 10.2 Å². The highest BCUT2D eigenvalue weighted by Crippen LogP contribution is 2.62. The molecule has 0 aliphatic heterocycles. The molecule has 0 spiro atoms. The minimum Gasteiger partial charge on any atom is -0.427 e. The molecule has 1 aliphatic rings. The lowest BCUT2D eigenvalue weighted by molar-refractivity contribution is 0.0613. The molecule has 0 saturated carbocycles. The van der Waals surface area contributed by atoms with Crippen LogP contribution in [0.2, 0.25) is 54.0 Å². The average molecular weight is 428 g/mol. The van der Waals surface area contributed by atoms with E-state index in [0.717, 1.165) is 5.76 Å². The molecule has 6 heteroatoms. The molecule has 142 valence electrons. The van der Waals surface area contributed by atoms with Crippen LogP contribution in [0.4, 0.5) is 0 Å². The average Bonchev–Trinajstić information content (AvgIpc) is 2.69. The highest BCUT2D eigenvalue weighted by Gasteiger charge is 2.59. The van der Waals surface area contributed by atoms with Gasteiger partial charge >= 0.3 is 5.97 Å². The summed E-state index contributed by atoms with van der Waals surface area (Å²) >= 11 is 12.4. The SMILES string of the molecule is CC1=C(C)C([Si](C)(C)C)([Si](C)(C)C)C(OC(=O)c2c(Cl)cccc2Cl)=C1. The van der Waals surface area contributed by atoms with Crippen LogP contribution in [0.1, 0.15) is 24.2 Å². The highest BCUT2D eigenvalue weighted by molar-refractivity contribution is 7.00. The van der Waals surface area contributed by atoms with Crippen molar-refractivity contribution in [2.75, 3.05) is 0 Å². The first-order chi connectivity index (χ1) is 11.7. The lowest BCUT2D eigenvalue weighted by Crippen LogP contribution is -2.56. The van der Waals surface area contributed by atoms with Crippen molar-refractivity contribution in [3.05, 3.63) is 56.8 Å². The van der Waals surface area contributed by atoms with E-state index in [1.165, 1.54) is 11.1 Å². The Kier molecular flexibility index (Phi) is 5.76. The number of hydrogen-bond acceptors (Lipinski definition) is 2. The summed E-state index contributed by atoms with van der Waals surface area (Å²) in [6.07, 6.45) is 2.05. The summed E-state index contributed by atoms with van der Waals surface area (Å²) in [6, 6.07) is 5.04. The number of esters is 1. The van der Waals surface area contributed by atoms with E-state index in [9.17, 15) is 4.79 Å². The molecule has 2 nitrogen and oxygen atoms in total. The van der Waals surface area contributed by atoms with Crippen LogP contribution in [-0.4, -0.2) is 22.1 Å². The van der Waals surface area contributed by atoms with Crippen LogP contribution < -0.4 is 0 Å². The Bertz CT molecular complexity index is 778. The van der Waals surface area contributed by atoms with Gasteiger partial charge in [-0.15, -0.1) is 0 Å². The van der Waals surface area contributed by atoms with Crippen molar-refractivity contribution >= 4 is 45.3 Å². The van der Waals surface area contributed by atoms with E-state index in [1.807, 2.05) is 0 Å². The van der Waals surface area contributed by atoms with Crippen molar-refractivity contribution in [2.24, 2.45) is 0 Å². The summed E-state index contributed by atoms with van der Waals surface area (Å²) < 4.78 is 5.90. The van der Waals surface area contributed by atoms with Gasteiger partial charge in [0.05, 0.1) is 31.8 Å². The first-order valence-electron chi connectivity index (χ1n) is 8.81. The van der Waals surface area contributed by atoms with Gasteiger partial charge in [0.2, 0.25) is 0 Å². The Morgan fingerprint density at radius 2 is 1.42 bits per heavy atom. The third-order valence-corrected chi connectivity index (χ3v) is 16.4. The predicted octanol–water partition coefficient (Wildman–Crippen LogP) is 7.34. The maximum atomic E-state index is 13.0. The zero-order valence-electron chi connectivity index (χ0n) is 16.9. The summed E-state index contributed by atoms with van der Waals surface area (Å²) in [4.78, 5) is 13.0. The molecule has 0 bridgehead atoms. The zero-order valence-corrected chi connectivity index (χ0v) is 20.4. The highest BCUT2D eigenvalue weighted by atomic mass is 35.5. The quantitative estimate of drug-likeness (QED) is 0.371. The molecule has 0 unspecified atom stereocenters. The van der Waals surface area contributed by atoms with Gasteiger partial charge in [-0.2, -0.15) is 0 Å². The molecule has 1 aliphatic carbocycles. The molecule has 1 aromatic rings. The number of carbonyl (C=O) groups excluding carboxylic acids is 1. The molecule has 0 fully saturated rings. The van der Waals surface area contributed by atoms with Gasteiger partial charge in [-0.1, -0.05) is 74.1 Å². The lowest BCUT2D eigenvalue weighted by atomic mass is 10.2. The van der Waals surface area contributed by atoms with Gasteiger partial charge in [-0.05, 0) is 37.6 Å². The van der Waals surface area contributed by atoms with E-state index in [0.29, 0.717) is 10.0 Å². The Morgan fingerprint density at radius 3 is 1.85 bits per heavy atom. The van der Waals surface area contributed by atoms with Gasteiger partial charge in [0, 0.05) is 4.66 Å². The van der Waals surface area contributed by atoms with Crippen LogP contribution in [0.5, 0.6) is 0 Å². The molecular formula is C20H28Cl2O2Si2. The Morgan fingerprint density at radius 1 is 0.962 bits per heavy atom. The van der Waals surface area contributed by atoms with E-state index >= 15 is 0 Å². The van der Waals surface area contributed by atoms with Crippen LogP contribution in [-0.2, 0) is 4.74 Å². The Labute approximate surface area is 169 Å². The number of rotatable bonds is 4. The first kappa shape index (κ1) is 21.5. The normalized spacial score (nSPS) is 17.4. The molecule has 2 rings (SSSR count). The fourth-order valence-corrected chi connectivity index (χ4v) is 18.8. The van der Waals surface area contributed by atoms with Crippen molar-refractivity contribution in [3.63, 3.8) is 0 Å². The summed E-state index contributed by atoms with van der Waals surface area (Å²) in [7, 11) is -3.56. The van der Waals surface area contributed by atoms with Gasteiger partial charge < -0.3 is 4.74 Å². The lowest BCUT2D eigenvalue weighted by Gasteiger charge is -2.51. The molecular weight excluding hydrogens is 399 g/mol. The van der Waals surface area contributed by atoms with Crippen molar-refractivity contribution in [1.82, 2.24) is 0 Å². The molecule has 0 aromatic heterocycles. The second kappa shape index (κ2) is 6.97. The Hall–Kier alpha value is -0.816. The van der Waals surface area contributed by atoms with Gasteiger partial charge in [-0.25, -0.2) is 4.79 Å². The van der Waals surface area contributed by atoms with E-state index in [1.54, 1.807) is 18.2 Å². The van der Waals surface area contributed by atoms with Crippen LogP contribution >= 0.6 is 23.2 Å². The predicted molar refractivity (Wildman–Crippen MR) is 118 cm³/mol. The molecule has 0 N–H and O–H groups in total. The summed E-state index contributed by atoms with van der Waals surface area (Å²) in [5.74, 6) is 0.307. The number of ether oxygens (including phenoxy) is 1. The van der Waals surface area contributed by atoms with E-state index in [2.05, 4.69) is 59.2 Å². The molecule has 1 aromatic carbocycles. The van der Waals surface area contributed by atoms with Gasteiger partial charge in [0.15, 0.2) is 0 Å². The second-order valence-electron chi connectivity index (χ2n) is 9.05. The van der Waals surface area contributed by atoms with Crippen molar-refractivity contribution in [1.29, 1.82) is 0 Å². The molecule has 0 saturated heterocycles. The smallest absolute Gasteiger partial charge is 0.346 e. The number of benzene rings is 1. The number of halogens is 2. The number of carbonyl (C=O) groups is 1. The van der Waals surface area contributed by atoms with E-state index < -0.39 is 22.1 Å². The van der Waals surface area contributed by atoms with Crippen molar-refractivity contribution < 1.29 is 9.53 Å². The fraction of sp³-hybridized carbons (Fsp3) is 0.450. The van der Waals surface area contributed by atoms with Gasteiger partial charge in [0.1, 0.15) is 5.76 Å². The maximum Gasteiger partial charge on any atom is 0.346 e. The standard InChI is InChI=1S/C20H28Cl2O2Si2/c1-13-12-17(20(14(13)2,25(3,4)5)26(6,7)8)24-19(23)18-15(21)10-9-11-16(18)22/h9-12H,1-8H3. The number of allylic oxidation sites excluding steroid dienone is 3. The molecule has 0 heterocycles. The third kappa shape index (κ3) is 3.26. The zero-order chi connectivity index (χ0) is 20.1. The van der Waals surface area contributed by atoms with Crippen LogP contribution in [0.25, 0.3) is 0 Å². The van der Waals surface area contributed by atoms with Crippen molar-refractivity contribution in [2.45, 2.75) is 57.8 Å². The molecule has 0 amide bonds. The van der Waals surface area contributed by atoms with Crippen LogP contribution in [0.15, 0.2) is 41.2 Å². The molecule has 26 heavy (non-hydrogen) atoms. The maximum absolute atomic E-state index is 13.0. The second-order valence-corrected chi connectivity index (χ2v) is 20.9.